The highest BCUT2D eigenvalue weighted by Gasteiger charge is 2.07. The number of rotatable bonds is 1. The largest absolute Gasteiger partial charge is 0.274 e. The van der Waals surface area contributed by atoms with Crippen molar-refractivity contribution in [2.24, 2.45) is 7.05 Å². The molecule has 0 spiro atoms. The molecule has 15 heavy (non-hydrogen) atoms. The van der Waals surface area contributed by atoms with Crippen LogP contribution in [0.2, 0.25) is 0 Å². The van der Waals surface area contributed by atoms with Gasteiger partial charge in [-0.25, -0.2) is 4.39 Å². The Bertz CT molecular complexity index is 535. The van der Waals surface area contributed by atoms with Crippen LogP contribution in [0.4, 0.5) is 4.39 Å². The monoisotopic (exact) mass is 200 g/mol. The molecule has 0 unspecified atom stereocenters. The molecule has 74 valence electrons. The quantitative estimate of drug-likeness (QED) is 0.645. The molecule has 0 saturated carbocycles. The summed E-state index contributed by atoms with van der Waals surface area (Å²) in [5.41, 5.74) is 2.05. The predicted molar refractivity (Wildman–Crippen MR) is 56.5 cm³/mol. The second-order valence-electron chi connectivity index (χ2n) is 3.22. The summed E-state index contributed by atoms with van der Waals surface area (Å²) in [7, 11) is 1.78. The molecule has 2 rings (SSSR count). The summed E-state index contributed by atoms with van der Waals surface area (Å²) in [6.07, 6.45) is 7.10. The lowest BCUT2D eigenvalue weighted by Crippen LogP contribution is -1.86. The van der Waals surface area contributed by atoms with Gasteiger partial charge in [0, 0.05) is 18.8 Å². The van der Waals surface area contributed by atoms with Crippen LogP contribution in [0.3, 0.4) is 0 Å². The average molecular weight is 200 g/mol. The molecule has 3 heteroatoms. The van der Waals surface area contributed by atoms with Crippen LogP contribution in [0.25, 0.3) is 11.1 Å². The van der Waals surface area contributed by atoms with Crippen LogP contribution in [0, 0.1) is 18.2 Å². The maximum absolute atomic E-state index is 13.0. The Hall–Kier alpha value is -2.08. The van der Waals surface area contributed by atoms with Crippen LogP contribution in [0.1, 0.15) is 5.69 Å². The van der Waals surface area contributed by atoms with Crippen LogP contribution >= 0.6 is 0 Å². The second-order valence-corrected chi connectivity index (χ2v) is 3.22. The van der Waals surface area contributed by atoms with Gasteiger partial charge in [0.15, 0.2) is 0 Å². The molecule has 1 aromatic carbocycles. The van der Waals surface area contributed by atoms with Crippen molar-refractivity contribution in [1.29, 1.82) is 0 Å². The zero-order valence-corrected chi connectivity index (χ0v) is 8.24. The summed E-state index contributed by atoms with van der Waals surface area (Å²) < 4.78 is 14.6. The predicted octanol–water partition coefficient (Wildman–Crippen LogP) is 2.21. The van der Waals surface area contributed by atoms with Gasteiger partial charge in [-0.3, -0.25) is 4.68 Å². The summed E-state index contributed by atoms with van der Waals surface area (Å²) >= 11 is 0. The van der Waals surface area contributed by atoms with Gasteiger partial charge in [-0.05, 0) is 23.6 Å². The highest BCUT2D eigenvalue weighted by Crippen LogP contribution is 2.22. The Labute approximate surface area is 87.4 Å². The Morgan fingerprint density at radius 2 is 2.27 bits per heavy atom. The topological polar surface area (TPSA) is 17.8 Å². The van der Waals surface area contributed by atoms with E-state index in [9.17, 15) is 4.39 Å². The lowest BCUT2D eigenvalue weighted by Gasteiger charge is -1.97. The molecule has 0 aliphatic rings. The van der Waals surface area contributed by atoms with Gasteiger partial charge >= 0.3 is 0 Å². The Balaban J connectivity index is 2.59. The fourth-order valence-electron chi connectivity index (χ4n) is 1.46. The molecule has 2 nitrogen and oxygen atoms in total. The molecule has 0 bridgehead atoms. The molecule has 0 amide bonds. The van der Waals surface area contributed by atoms with E-state index >= 15 is 0 Å². The Morgan fingerprint density at radius 3 is 2.93 bits per heavy atom. The van der Waals surface area contributed by atoms with Gasteiger partial charge in [0.25, 0.3) is 0 Å². The van der Waals surface area contributed by atoms with E-state index in [-0.39, 0.29) is 5.82 Å². The molecule has 0 saturated heterocycles. The Kier molecular flexibility index (Phi) is 2.26. The molecule has 0 radical (unpaired) electrons. The fourth-order valence-corrected chi connectivity index (χ4v) is 1.46. The molecule has 0 N–H and O–H groups in total. The molecular formula is C12H9FN2. The molecule has 0 aliphatic carbocycles. The van der Waals surface area contributed by atoms with Crippen molar-refractivity contribution in [1.82, 2.24) is 9.78 Å². The van der Waals surface area contributed by atoms with Crippen LogP contribution < -0.4 is 0 Å². The third kappa shape index (κ3) is 1.75. The summed E-state index contributed by atoms with van der Waals surface area (Å²) in [4.78, 5) is 0. The first-order chi connectivity index (χ1) is 7.20. The fraction of sp³-hybridized carbons (Fsp3) is 0.0833. The smallest absolute Gasteiger partial charge is 0.142 e. The summed E-state index contributed by atoms with van der Waals surface area (Å²) in [6.45, 7) is 0. The summed E-state index contributed by atoms with van der Waals surface area (Å²) in [6, 6.07) is 6.30. The number of halogens is 1. The first-order valence-corrected chi connectivity index (χ1v) is 4.47. The minimum absolute atomic E-state index is 0.278. The summed E-state index contributed by atoms with van der Waals surface area (Å²) in [5, 5.41) is 4.09. The van der Waals surface area contributed by atoms with E-state index in [1.165, 1.54) is 12.1 Å². The Morgan fingerprint density at radius 1 is 1.47 bits per heavy atom. The van der Waals surface area contributed by atoms with E-state index in [1.54, 1.807) is 30.1 Å². The van der Waals surface area contributed by atoms with E-state index in [4.69, 9.17) is 6.42 Å². The van der Waals surface area contributed by atoms with Gasteiger partial charge in [0.05, 0.1) is 0 Å². The number of benzene rings is 1. The van der Waals surface area contributed by atoms with E-state index < -0.39 is 0 Å². The minimum atomic E-state index is -0.278. The van der Waals surface area contributed by atoms with Crippen molar-refractivity contribution in [3.05, 3.63) is 42.0 Å². The first-order valence-electron chi connectivity index (χ1n) is 4.47. The number of hydrogen-bond acceptors (Lipinski definition) is 1. The third-order valence-electron chi connectivity index (χ3n) is 2.10. The maximum Gasteiger partial charge on any atom is 0.142 e. The number of terminal acetylenes is 1. The number of nitrogens with zero attached hydrogens (tertiary/aromatic N) is 2. The van der Waals surface area contributed by atoms with E-state index in [0.29, 0.717) is 5.69 Å². The van der Waals surface area contributed by atoms with Gasteiger partial charge in [0.1, 0.15) is 11.5 Å². The summed E-state index contributed by atoms with van der Waals surface area (Å²) in [5.74, 6) is 2.20. The van der Waals surface area contributed by atoms with Crippen LogP contribution in [-0.2, 0) is 7.05 Å². The zero-order chi connectivity index (χ0) is 10.8. The molecule has 1 heterocycles. The lowest BCUT2D eigenvalue weighted by molar-refractivity contribution is 0.628. The molecular weight excluding hydrogens is 191 g/mol. The lowest BCUT2D eigenvalue weighted by atomic mass is 10.1. The number of aromatic nitrogens is 2. The minimum Gasteiger partial charge on any atom is -0.274 e. The van der Waals surface area contributed by atoms with E-state index in [0.717, 1.165) is 11.1 Å². The first kappa shape index (κ1) is 9.47. The molecule has 0 aliphatic heterocycles. The van der Waals surface area contributed by atoms with Gasteiger partial charge in [-0.1, -0.05) is 12.1 Å². The standard InChI is InChI=1S/C12H9FN2/c1-3-12-11(8-15(2)14-12)9-5-4-6-10(13)7-9/h1,4-8H,2H3. The van der Waals surface area contributed by atoms with Crippen molar-refractivity contribution < 1.29 is 4.39 Å². The molecule has 1 aromatic heterocycles. The van der Waals surface area contributed by atoms with Crippen molar-refractivity contribution in [2.45, 2.75) is 0 Å². The molecule has 0 atom stereocenters. The molecule has 0 fully saturated rings. The SMILES string of the molecule is C#Cc1nn(C)cc1-c1cccc(F)c1. The van der Waals surface area contributed by atoms with Crippen molar-refractivity contribution >= 4 is 0 Å². The van der Waals surface area contributed by atoms with Gasteiger partial charge < -0.3 is 0 Å². The van der Waals surface area contributed by atoms with E-state index in [2.05, 4.69) is 11.0 Å². The zero-order valence-electron chi connectivity index (χ0n) is 8.24. The van der Waals surface area contributed by atoms with Crippen LogP contribution in [0.5, 0.6) is 0 Å². The maximum atomic E-state index is 13.0. The van der Waals surface area contributed by atoms with Crippen LogP contribution in [-0.4, -0.2) is 9.78 Å². The highest BCUT2D eigenvalue weighted by atomic mass is 19.1. The highest BCUT2D eigenvalue weighted by molar-refractivity contribution is 5.68. The van der Waals surface area contributed by atoms with Gasteiger partial charge in [-0.15, -0.1) is 6.42 Å². The van der Waals surface area contributed by atoms with Gasteiger partial charge in [-0.2, -0.15) is 5.10 Å². The molecule has 2 aromatic rings. The van der Waals surface area contributed by atoms with Gasteiger partial charge in [0.2, 0.25) is 0 Å². The average Bonchev–Trinajstić information content (AvgIpc) is 2.59. The second kappa shape index (κ2) is 3.58. The van der Waals surface area contributed by atoms with E-state index in [1.807, 2.05) is 0 Å². The van der Waals surface area contributed by atoms with Crippen molar-refractivity contribution in [3.63, 3.8) is 0 Å². The van der Waals surface area contributed by atoms with Crippen molar-refractivity contribution in [3.8, 4) is 23.5 Å². The van der Waals surface area contributed by atoms with Crippen molar-refractivity contribution in [2.75, 3.05) is 0 Å². The normalized spacial score (nSPS) is 9.93. The number of aryl methyl sites for hydroxylation is 1. The van der Waals surface area contributed by atoms with Crippen LogP contribution in [0.15, 0.2) is 30.5 Å². The number of hydrogen-bond donors (Lipinski definition) is 0. The third-order valence-corrected chi connectivity index (χ3v) is 2.10.